The summed E-state index contributed by atoms with van der Waals surface area (Å²) in [6.45, 7) is 21.1. The highest BCUT2D eigenvalue weighted by atomic mass is 16.5. The second-order valence-corrected chi connectivity index (χ2v) is 10.8. The van der Waals surface area contributed by atoms with Crippen LogP contribution in [0.25, 0.3) is 0 Å². The zero-order valence-electron chi connectivity index (χ0n) is 22.9. The number of carbonyl (C=O) groups is 3. The Morgan fingerprint density at radius 3 is 2.06 bits per heavy atom. The van der Waals surface area contributed by atoms with E-state index in [4.69, 9.17) is 4.74 Å². The normalized spacial score (nSPS) is 12.1. The van der Waals surface area contributed by atoms with Gasteiger partial charge in [-0.15, -0.1) is 0 Å². The van der Waals surface area contributed by atoms with Gasteiger partial charge in [0.2, 0.25) is 17.7 Å². The van der Waals surface area contributed by atoms with E-state index in [-0.39, 0.29) is 29.7 Å². The van der Waals surface area contributed by atoms with Crippen LogP contribution >= 0.6 is 0 Å². The van der Waals surface area contributed by atoms with E-state index in [1.165, 1.54) is 0 Å². The Balaban J connectivity index is 4.71. The van der Waals surface area contributed by atoms with Gasteiger partial charge < -0.3 is 19.9 Å². The Kier molecular flexibility index (Phi) is 14.6. The molecule has 3 amide bonds. The second-order valence-electron chi connectivity index (χ2n) is 10.8. The van der Waals surface area contributed by atoms with Gasteiger partial charge in [0.1, 0.15) is 0 Å². The third-order valence-corrected chi connectivity index (χ3v) is 5.78. The molecule has 0 atom stereocenters. The molecule has 1 N–H and O–H groups in total. The molecule has 0 aliphatic heterocycles. The molecule has 0 bridgehead atoms. The van der Waals surface area contributed by atoms with Gasteiger partial charge in [-0.2, -0.15) is 0 Å². The van der Waals surface area contributed by atoms with Gasteiger partial charge in [-0.05, 0) is 46.5 Å². The summed E-state index contributed by atoms with van der Waals surface area (Å²) in [6.07, 6.45) is 3.74. The minimum Gasteiger partial charge on any atom is -0.378 e. The predicted octanol–water partition coefficient (Wildman–Crippen LogP) is 4.25. The molecule has 0 saturated heterocycles. The Morgan fingerprint density at radius 1 is 0.909 bits per heavy atom. The predicted molar refractivity (Wildman–Crippen MR) is 135 cm³/mol. The summed E-state index contributed by atoms with van der Waals surface area (Å²) in [6, 6.07) is 0. The Labute approximate surface area is 203 Å². The molecule has 0 rings (SSSR count). The molecular formula is C26H51N3O4. The maximum Gasteiger partial charge on any atom is 0.241 e. The first kappa shape index (κ1) is 31.4. The van der Waals surface area contributed by atoms with Crippen LogP contribution in [0.4, 0.5) is 0 Å². The minimum atomic E-state index is -0.393. The molecule has 0 aromatic rings. The topological polar surface area (TPSA) is 79.0 Å². The van der Waals surface area contributed by atoms with Crippen LogP contribution in [-0.4, -0.2) is 72.5 Å². The molecule has 0 unspecified atom stereocenters. The van der Waals surface area contributed by atoms with Gasteiger partial charge in [-0.3, -0.25) is 14.4 Å². The number of carbonyl (C=O) groups excluding carboxylic acids is 3. The number of nitrogens with one attached hydrogen (secondary N) is 1. The summed E-state index contributed by atoms with van der Waals surface area (Å²) in [5, 5.41) is 2.75. The average molecular weight is 470 g/mol. The van der Waals surface area contributed by atoms with Gasteiger partial charge in [0.15, 0.2) is 0 Å². The highest BCUT2D eigenvalue weighted by molar-refractivity contribution is 5.84. The van der Waals surface area contributed by atoms with Crippen LogP contribution in [0.2, 0.25) is 0 Å². The van der Waals surface area contributed by atoms with Crippen LogP contribution in [0.1, 0.15) is 94.4 Å². The van der Waals surface area contributed by atoms with Crippen molar-refractivity contribution in [2.75, 3.05) is 39.4 Å². The first-order valence-electron chi connectivity index (χ1n) is 12.7. The first-order valence-corrected chi connectivity index (χ1v) is 12.7. The van der Waals surface area contributed by atoms with Gasteiger partial charge in [0.25, 0.3) is 0 Å². The molecule has 0 saturated carbocycles. The van der Waals surface area contributed by atoms with E-state index in [0.717, 1.165) is 19.3 Å². The Hall–Kier alpha value is -1.63. The van der Waals surface area contributed by atoms with E-state index < -0.39 is 5.54 Å². The quantitative estimate of drug-likeness (QED) is 0.345. The van der Waals surface area contributed by atoms with Gasteiger partial charge in [-0.1, -0.05) is 41.0 Å². The highest BCUT2D eigenvalue weighted by Crippen LogP contribution is 2.21. The number of ether oxygens (including phenoxy) is 1. The van der Waals surface area contributed by atoms with Crippen molar-refractivity contribution >= 4 is 17.7 Å². The molecule has 0 fully saturated rings. The average Bonchev–Trinajstić information content (AvgIpc) is 2.72. The fourth-order valence-electron chi connectivity index (χ4n) is 3.79. The summed E-state index contributed by atoms with van der Waals surface area (Å²) in [5.74, 6) is 0.475. The number of nitrogens with zero attached hydrogens (tertiary/aromatic N) is 2. The maximum absolute atomic E-state index is 12.6. The lowest BCUT2D eigenvalue weighted by molar-refractivity contribution is -0.140. The van der Waals surface area contributed by atoms with Gasteiger partial charge >= 0.3 is 0 Å². The van der Waals surface area contributed by atoms with Gasteiger partial charge in [0, 0.05) is 37.9 Å². The smallest absolute Gasteiger partial charge is 0.241 e. The van der Waals surface area contributed by atoms with Crippen molar-refractivity contribution in [2.24, 2.45) is 11.3 Å². The minimum absolute atomic E-state index is 0.0278. The zero-order valence-corrected chi connectivity index (χ0v) is 22.9. The summed E-state index contributed by atoms with van der Waals surface area (Å²) in [7, 11) is 0. The standard InChI is InChI=1S/C26H51N3O4/c1-10-13-14-23(31)29(12-3)26(8,9)20-33-19-25(6,7)18-28(11-2)24(32)17-27-22(30)16-15-21(4)5/h21H,10-20H2,1-9H3,(H,27,30). The van der Waals surface area contributed by atoms with Crippen LogP contribution in [0.5, 0.6) is 0 Å². The van der Waals surface area contributed by atoms with Gasteiger partial charge in [-0.25, -0.2) is 0 Å². The van der Waals surface area contributed by atoms with E-state index >= 15 is 0 Å². The van der Waals surface area contributed by atoms with Crippen molar-refractivity contribution in [1.29, 1.82) is 0 Å². The Bertz CT molecular complexity index is 602. The number of rotatable bonds is 17. The van der Waals surface area contributed by atoms with Crippen molar-refractivity contribution in [3.63, 3.8) is 0 Å². The molecule has 0 aliphatic rings. The third-order valence-electron chi connectivity index (χ3n) is 5.78. The molecule has 0 spiro atoms. The van der Waals surface area contributed by atoms with Crippen molar-refractivity contribution in [1.82, 2.24) is 15.1 Å². The van der Waals surface area contributed by atoms with Crippen LogP contribution < -0.4 is 5.32 Å². The molecule has 0 aromatic heterocycles. The van der Waals surface area contributed by atoms with E-state index in [2.05, 4.69) is 39.9 Å². The van der Waals surface area contributed by atoms with E-state index in [1.807, 2.05) is 32.6 Å². The number of amides is 3. The lowest BCUT2D eigenvalue weighted by Crippen LogP contribution is -2.51. The van der Waals surface area contributed by atoms with Crippen LogP contribution in [0.15, 0.2) is 0 Å². The molecule has 7 heteroatoms. The molecule has 0 radical (unpaired) electrons. The summed E-state index contributed by atoms with van der Waals surface area (Å²) >= 11 is 0. The fraction of sp³-hybridized carbons (Fsp3) is 0.885. The van der Waals surface area contributed by atoms with Gasteiger partial charge in [0.05, 0.1) is 25.3 Å². The van der Waals surface area contributed by atoms with Crippen LogP contribution in [0, 0.1) is 11.3 Å². The fourth-order valence-corrected chi connectivity index (χ4v) is 3.79. The summed E-state index contributed by atoms with van der Waals surface area (Å²) in [4.78, 5) is 40.8. The Morgan fingerprint density at radius 2 is 1.55 bits per heavy atom. The van der Waals surface area contributed by atoms with E-state index in [0.29, 0.717) is 51.6 Å². The SMILES string of the molecule is CCCCC(=O)N(CC)C(C)(C)COCC(C)(C)CN(CC)C(=O)CNC(=O)CCC(C)C. The molecule has 194 valence electrons. The van der Waals surface area contributed by atoms with Crippen LogP contribution in [0.3, 0.4) is 0 Å². The molecule has 0 heterocycles. The third kappa shape index (κ3) is 13.0. The monoisotopic (exact) mass is 469 g/mol. The number of unbranched alkanes of at least 4 members (excludes halogenated alkanes) is 1. The van der Waals surface area contributed by atoms with Crippen molar-refractivity contribution in [2.45, 2.75) is 100.0 Å². The molecule has 33 heavy (non-hydrogen) atoms. The van der Waals surface area contributed by atoms with E-state index in [9.17, 15) is 14.4 Å². The number of hydrogen-bond acceptors (Lipinski definition) is 4. The largest absolute Gasteiger partial charge is 0.378 e. The molecule has 0 aliphatic carbocycles. The highest BCUT2D eigenvalue weighted by Gasteiger charge is 2.31. The first-order chi connectivity index (χ1) is 15.3. The molecule has 0 aromatic carbocycles. The lowest BCUT2D eigenvalue weighted by atomic mass is 9.93. The molecule has 7 nitrogen and oxygen atoms in total. The lowest BCUT2D eigenvalue weighted by Gasteiger charge is -2.39. The number of hydrogen-bond donors (Lipinski definition) is 1. The molecular weight excluding hydrogens is 418 g/mol. The van der Waals surface area contributed by atoms with Crippen molar-refractivity contribution < 1.29 is 19.1 Å². The maximum atomic E-state index is 12.6. The van der Waals surface area contributed by atoms with E-state index in [1.54, 1.807) is 4.90 Å². The number of likely N-dealkylation sites (N-methyl/N-ethyl adjacent to an activating group) is 2. The van der Waals surface area contributed by atoms with Crippen LogP contribution in [-0.2, 0) is 19.1 Å². The summed E-state index contributed by atoms with van der Waals surface area (Å²) in [5.41, 5.74) is -0.650. The zero-order chi connectivity index (χ0) is 25.7. The van der Waals surface area contributed by atoms with Crippen molar-refractivity contribution in [3.05, 3.63) is 0 Å². The summed E-state index contributed by atoms with van der Waals surface area (Å²) < 4.78 is 6.08. The van der Waals surface area contributed by atoms with Crippen molar-refractivity contribution in [3.8, 4) is 0 Å². The second kappa shape index (κ2) is 15.3.